The molecule has 0 bridgehead atoms. The van der Waals surface area contributed by atoms with Crippen LogP contribution >= 0.6 is 0 Å². The summed E-state index contributed by atoms with van der Waals surface area (Å²) in [6, 6.07) is 3.18. The minimum Gasteiger partial charge on any atom is -0.265 e. The number of pyridine rings is 1. The van der Waals surface area contributed by atoms with Gasteiger partial charge in [0.1, 0.15) is 0 Å². The van der Waals surface area contributed by atoms with Crippen molar-refractivity contribution in [2.24, 2.45) is 0 Å². The Morgan fingerprint density at radius 2 is 1.75 bits per heavy atom. The molecule has 0 atom stereocenters. The van der Waals surface area contributed by atoms with Crippen molar-refractivity contribution in [2.45, 2.75) is 19.0 Å². The molecular weight excluding hydrogens is 167 g/mol. The molecule has 0 saturated carbocycles. The summed E-state index contributed by atoms with van der Waals surface area (Å²) in [5.41, 5.74) is 0.669. The molecule has 0 spiro atoms. The van der Waals surface area contributed by atoms with Gasteiger partial charge in [-0.2, -0.15) is 13.2 Å². The van der Waals surface area contributed by atoms with Gasteiger partial charge in [0.2, 0.25) is 0 Å². The molecule has 1 nitrogen and oxygen atoms in total. The molecular formula is C8H8F3N. The summed E-state index contributed by atoms with van der Waals surface area (Å²) in [5.74, 6) is 0. The minimum atomic E-state index is -4.07. The molecule has 0 saturated heterocycles. The first-order valence-corrected chi connectivity index (χ1v) is 3.53. The van der Waals surface area contributed by atoms with Crippen LogP contribution in [0.5, 0.6) is 0 Å². The molecule has 0 fully saturated rings. The van der Waals surface area contributed by atoms with Crippen LogP contribution < -0.4 is 0 Å². The summed E-state index contributed by atoms with van der Waals surface area (Å²) < 4.78 is 35.2. The van der Waals surface area contributed by atoms with Gasteiger partial charge in [0.15, 0.2) is 0 Å². The first-order chi connectivity index (χ1) is 5.58. The Labute approximate surface area is 68.2 Å². The third-order valence-electron chi connectivity index (χ3n) is 1.45. The van der Waals surface area contributed by atoms with Gasteiger partial charge < -0.3 is 0 Å². The Balaban J connectivity index is 2.44. The smallest absolute Gasteiger partial charge is 0.265 e. The third-order valence-corrected chi connectivity index (χ3v) is 1.45. The van der Waals surface area contributed by atoms with E-state index in [4.69, 9.17) is 0 Å². The lowest BCUT2D eigenvalue weighted by atomic mass is 10.1. The van der Waals surface area contributed by atoms with Crippen LogP contribution in [0.1, 0.15) is 12.0 Å². The quantitative estimate of drug-likeness (QED) is 0.673. The lowest BCUT2D eigenvalue weighted by molar-refractivity contribution is -0.133. The number of hydrogen-bond acceptors (Lipinski definition) is 1. The van der Waals surface area contributed by atoms with Crippen LogP contribution in [0.4, 0.5) is 13.2 Å². The van der Waals surface area contributed by atoms with Gasteiger partial charge in [-0.3, -0.25) is 4.98 Å². The summed E-state index contributed by atoms with van der Waals surface area (Å²) in [4.78, 5) is 3.71. The van der Waals surface area contributed by atoms with Crippen LogP contribution in [0.15, 0.2) is 24.5 Å². The van der Waals surface area contributed by atoms with Crippen molar-refractivity contribution in [3.63, 3.8) is 0 Å². The number of halogens is 3. The average molecular weight is 175 g/mol. The zero-order chi connectivity index (χ0) is 9.03. The number of aromatic nitrogens is 1. The van der Waals surface area contributed by atoms with Gasteiger partial charge in [0, 0.05) is 18.8 Å². The normalized spacial score (nSPS) is 11.6. The maximum atomic E-state index is 11.7. The fourth-order valence-corrected chi connectivity index (χ4v) is 0.836. The van der Waals surface area contributed by atoms with Gasteiger partial charge in [-0.15, -0.1) is 0 Å². The van der Waals surface area contributed by atoms with Crippen molar-refractivity contribution in [2.75, 3.05) is 0 Å². The summed E-state index contributed by atoms with van der Waals surface area (Å²) >= 11 is 0. The second-order valence-electron chi connectivity index (χ2n) is 2.47. The van der Waals surface area contributed by atoms with Crippen LogP contribution in [0, 0.1) is 0 Å². The Hall–Kier alpha value is -1.06. The Bertz CT molecular complexity index is 230. The van der Waals surface area contributed by atoms with E-state index in [-0.39, 0.29) is 6.42 Å². The van der Waals surface area contributed by atoms with E-state index in [0.29, 0.717) is 5.56 Å². The van der Waals surface area contributed by atoms with Crippen LogP contribution in [0.25, 0.3) is 0 Å². The lowest BCUT2D eigenvalue weighted by Gasteiger charge is -2.04. The number of nitrogens with zero attached hydrogens (tertiary/aromatic N) is 1. The van der Waals surface area contributed by atoms with Crippen molar-refractivity contribution in [3.05, 3.63) is 30.1 Å². The highest BCUT2D eigenvalue weighted by Crippen LogP contribution is 2.21. The highest BCUT2D eigenvalue weighted by Gasteiger charge is 2.26. The van der Waals surface area contributed by atoms with Crippen molar-refractivity contribution < 1.29 is 13.2 Å². The van der Waals surface area contributed by atoms with E-state index in [1.54, 1.807) is 12.1 Å². The molecule has 1 aromatic heterocycles. The van der Waals surface area contributed by atoms with Crippen LogP contribution in [0.2, 0.25) is 0 Å². The predicted octanol–water partition coefficient (Wildman–Crippen LogP) is 2.58. The van der Waals surface area contributed by atoms with E-state index in [1.165, 1.54) is 12.4 Å². The number of alkyl halides is 3. The first-order valence-electron chi connectivity index (χ1n) is 3.53. The van der Waals surface area contributed by atoms with E-state index in [2.05, 4.69) is 4.98 Å². The van der Waals surface area contributed by atoms with Gasteiger partial charge >= 0.3 is 6.18 Å². The monoisotopic (exact) mass is 175 g/mol. The molecule has 0 aliphatic heterocycles. The van der Waals surface area contributed by atoms with E-state index in [9.17, 15) is 13.2 Å². The summed E-state index contributed by atoms with van der Waals surface area (Å²) in [6.45, 7) is 0. The largest absolute Gasteiger partial charge is 0.389 e. The van der Waals surface area contributed by atoms with Crippen LogP contribution in [0.3, 0.4) is 0 Å². The van der Waals surface area contributed by atoms with Crippen molar-refractivity contribution in [3.8, 4) is 0 Å². The van der Waals surface area contributed by atoms with E-state index in [1.807, 2.05) is 0 Å². The van der Waals surface area contributed by atoms with E-state index in [0.717, 1.165) is 0 Å². The predicted molar refractivity (Wildman–Crippen MR) is 38.6 cm³/mol. The topological polar surface area (TPSA) is 12.9 Å². The molecule has 4 heteroatoms. The Morgan fingerprint density at radius 3 is 2.25 bits per heavy atom. The average Bonchev–Trinajstić information content (AvgIpc) is 2.02. The third kappa shape index (κ3) is 3.37. The van der Waals surface area contributed by atoms with Crippen LogP contribution in [-0.4, -0.2) is 11.2 Å². The van der Waals surface area contributed by atoms with Crippen molar-refractivity contribution >= 4 is 0 Å². The highest BCUT2D eigenvalue weighted by molar-refractivity contribution is 5.09. The molecule has 0 aromatic carbocycles. The van der Waals surface area contributed by atoms with E-state index >= 15 is 0 Å². The minimum absolute atomic E-state index is 0.0337. The molecule has 1 aromatic rings. The fraction of sp³-hybridized carbons (Fsp3) is 0.375. The highest BCUT2D eigenvalue weighted by atomic mass is 19.4. The molecule has 1 heterocycles. The molecule has 0 aliphatic rings. The van der Waals surface area contributed by atoms with Gasteiger partial charge in [-0.25, -0.2) is 0 Å². The Morgan fingerprint density at radius 1 is 1.17 bits per heavy atom. The molecule has 12 heavy (non-hydrogen) atoms. The molecule has 0 radical (unpaired) electrons. The van der Waals surface area contributed by atoms with Gasteiger partial charge in [0.25, 0.3) is 0 Å². The van der Waals surface area contributed by atoms with Gasteiger partial charge in [-0.05, 0) is 24.1 Å². The second-order valence-corrected chi connectivity index (χ2v) is 2.47. The molecule has 0 amide bonds. The van der Waals surface area contributed by atoms with Crippen molar-refractivity contribution in [1.82, 2.24) is 4.98 Å². The molecule has 1 rings (SSSR count). The number of aryl methyl sites for hydroxylation is 1. The molecule has 66 valence electrons. The van der Waals surface area contributed by atoms with Gasteiger partial charge in [0.05, 0.1) is 0 Å². The molecule has 0 unspecified atom stereocenters. The number of rotatable bonds is 2. The van der Waals surface area contributed by atoms with E-state index < -0.39 is 12.6 Å². The maximum absolute atomic E-state index is 11.7. The zero-order valence-corrected chi connectivity index (χ0v) is 6.30. The van der Waals surface area contributed by atoms with Crippen molar-refractivity contribution in [1.29, 1.82) is 0 Å². The maximum Gasteiger partial charge on any atom is 0.389 e. The summed E-state index contributed by atoms with van der Waals surface area (Å²) in [6.07, 6.45) is -1.82. The molecule has 0 aliphatic carbocycles. The molecule has 0 N–H and O–H groups in total. The van der Waals surface area contributed by atoms with Gasteiger partial charge in [-0.1, -0.05) is 0 Å². The SMILES string of the molecule is FC(F)(F)CCc1ccncc1. The summed E-state index contributed by atoms with van der Waals surface area (Å²) in [7, 11) is 0. The number of hydrogen-bond donors (Lipinski definition) is 0. The Kier molecular flexibility index (Phi) is 2.68. The second kappa shape index (κ2) is 3.56. The fourth-order valence-electron chi connectivity index (χ4n) is 0.836. The van der Waals surface area contributed by atoms with Crippen LogP contribution in [-0.2, 0) is 6.42 Å². The standard InChI is InChI=1S/C8H8F3N/c9-8(10,11)4-1-7-2-5-12-6-3-7/h2-3,5-6H,1,4H2. The zero-order valence-electron chi connectivity index (χ0n) is 6.30. The first kappa shape index (κ1) is 9.03. The lowest BCUT2D eigenvalue weighted by Crippen LogP contribution is -2.08. The summed E-state index contributed by atoms with van der Waals surface area (Å²) in [5, 5.41) is 0.